The van der Waals surface area contributed by atoms with Crippen LogP contribution in [-0.2, 0) is 11.0 Å². The van der Waals surface area contributed by atoms with Gasteiger partial charge in [-0.05, 0) is 18.2 Å². The van der Waals surface area contributed by atoms with Crippen molar-refractivity contribution in [2.24, 2.45) is 0 Å². The SMILES string of the molecule is O=C(NCC(=O)N1CCN(c2ncc(C(F)(F)F)cc2Cl)CC1)c1ccccc1OC(F)F. The maximum absolute atomic E-state index is 12.8. The Kier molecular flexibility index (Phi) is 7.57. The number of carbonyl (C=O) groups excluding carboxylic acids is 2. The number of pyridine rings is 1. The van der Waals surface area contributed by atoms with E-state index in [4.69, 9.17) is 11.6 Å². The first-order chi connectivity index (χ1) is 15.6. The van der Waals surface area contributed by atoms with Gasteiger partial charge in [0, 0.05) is 32.4 Å². The standard InChI is InChI=1S/C20H18ClF5N4O3/c21-14-9-12(20(24,25)26)10-27-17(14)30-7-5-29(6-8-30)16(31)11-28-18(32)13-3-1-2-4-15(13)33-19(22)23/h1-4,9-10,19H,5-8,11H2,(H,28,32). The predicted molar refractivity (Wildman–Crippen MR) is 108 cm³/mol. The highest BCUT2D eigenvalue weighted by Gasteiger charge is 2.32. The number of halogens is 6. The monoisotopic (exact) mass is 492 g/mol. The molecule has 1 aromatic heterocycles. The zero-order valence-electron chi connectivity index (χ0n) is 16.9. The molecule has 1 aliphatic rings. The van der Waals surface area contributed by atoms with E-state index in [1.807, 2.05) is 0 Å². The van der Waals surface area contributed by atoms with Gasteiger partial charge >= 0.3 is 12.8 Å². The number of hydrogen-bond acceptors (Lipinski definition) is 5. The molecule has 0 aliphatic carbocycles. The molecule has 1 N–H and O–H groups in total. The number of anilines is 1. The highest BCUT2D eigenvalue weighted by molar-refractivity contribution is 6.33. The lowest BCUT2D eigenvalue weighted by atomic mass is 10.2. The van der Waals surface area contributed by atoms with Gasteiger partial charge in [0.1, 0.15) is 11.6 Å². The molecule has 2 aromatic rings. The first-order valence-corrected chi connectivity index (χ1v) is 10.0. The average molecular weight is 493 g/mol. The number of nitrogens with one attached hydrogen (secondary N) is 1. The zero-order chi connectivity index (χ0) is 24.2. The highest BCUT2D eigenvalue weighted by Crippen LogP contribution is 2.33. The number of nitrogens with zero attached hydrogens (tertiary/aromatic N) is 3. The zero-order valence-corrected chi connectivity index (χ0v) is 17.7. The maximum Gasteiger partial charge on any atom is 0.417 e. The molecule has 178 valence electrons. The Bertz CT molecular complexity index is 1010. The smallest absolute Gasteiger partial charge is 0.417 e. The first kappa shape index (κ1) is 24.5. The normalized spacial score (nSPS) is 14.4. The van der Waals surface area contributed by atoms with Crippen LogP contribution >= 0.6 is 11.6 Å². The number of benzene rings is 1. The van der Waals surface area contributed by atoms with Crippen molar-refractivity contribution in [1.29, 1.82) is 0 Å². The molecule has 1 saturated heterocycles. The topological polar surface area (TPSA) is 74.8 Å². The number of piperazine rings is 1. The molecule has 3 rings (SSSR count). The van der Waals surface area contributed by atoms with Crippen LogP contribution in [0.25, 0.3) is 0 Å². The Morgan fingerprint density at radius 1 is 1.15 bits per heavy atom. The van der Waals surface area contributed by atoms with Gasteiger partial charge in [-0.2, -0.15) is 22.0 Å². The van der Waals surface area contributed by atoms with Gasteiger partial charge in [-0.15, -0.1) is 0 Å². The van der Waals surface area contributed by atoms with Crippen LogP contribution in [0.2, 0.25) is 5.02 Å². The maximum atomic E-state index is 12.8. The van der Waals surface area contributed by atoms with Crippen molar-refractivity contribution in [1.82, 2.24) is 15.2 Å². The molecule has 7 nitrogen and oxygen atoms in total. The van der Waals surface area contributed by atoms with Crippen LogP contribution in [0, 0.1) is 0 Å². The summed E-state index contributed by atoms with van der Waals surface area (Å²) in [6.45, 7) is -2.51. The van der Waals surface area contributed by atoms with Crippen molar-refractivity contribution in [3.63, 3.8) is 0 Å². The van der Waals surface area contributed by atoms with E-state index >= 15 is 0 Å². The Labute approximate surface area is 190 Å². The van der Waals surface area contributed by atoms with Crippen LogP contribution in [0.5, 0.6) is 5.75 Å². The van der Waals surface area contributed by atoms with E-state index in [9.17, 15) is 31.5 Å². The van der Waals surface area contributed by atoms with Gasteiger partial charge in [-0.1, -0.05) is 23.7 Å². The van der Waals surface area contributed by atoms with Gasteiger partial charge in [-0.3, -0.25) is 9.59 Å². The van der Waals surface area contributed by atoms with Crippen molar-refractivity contribution < 1.29 is 36.3 Å². The molecule has 33 heavy (non-hydrogen) atoms. The van der Waals surface area contributed by atoms with Crippen LogP contribution in [0.1, 0.15) is 15.9 Å². The number of hydrogen-bond donors (Lipinski definition) is 1. The lowest BCUT2D eigenvalue weighted by Crippen LogP contribution is -2.51. The summed E-state index contributed by atoms with van der Waals surface area (Å²) < 4.78 is 67.6. The largest absolute Gasteiger partial charge is 0.434 e. The van der Waals surface area contributed by atoms with Crippen LogP contribution in [-0.4, -0.2) is 61.0 Å². The van der Waals surface area contributed by atoms with E-state index < -0.39 is 30.2 Å². The average Bonchev–Trinajstić information content (AvgIpc) is 2.76. The van der Waals surface area contributed by atoms with Crippen LogP contribution < -0.4 is 15.0 Å². The van der Waals surface area contributed by atoms with E-state index in [1.54, 1.807) is 4.90 Å². The highest BCUT2D eigenvalue weighted by atomic mass is 35.5. The molecule has 1 aromatic carbocycles. The van der Waals surface area contributed by atoms with Crippen LogP contribution in [0.4, 0.5) is 27.8 Å². The number of alkyl halides is 5. The van der Waals surface area contributed by atoms with Gasteiger partial charge in [0.25, 0.3) is 5.91 Å². The molecule has 1 fully saturated rings. The van der Waals surface area contributed by atoms with Gasteiger partial charge in [-0.25, -0.2) is 4.98 Å². The van der Waals surface area contributed by atoms with Gasteiger partial charge in [0.15, 0.2) is 0 Å². The van der Waals surface area contributed by atoms with E-state index in [0.717, 1.165) is 6.07 Å². The molecule has 2 heterocycles. The minimum atomic E-state index is -4.56. The lowest BCUT2D eigenvalue weighted by molar-refractivity contribution is -0.137. The molecule has 0 spiro atoms. The summed E-state index contributed by atoms with van der Waals surface area (Å²) in [6, 6.07) is 6.19. The molecule has 2 amide bonds. The lowest BCUT2D eigenvalue weighted by Gasteiger charge is -2.35. The fourth-order valence-corrected chi connectivity index (χ4v) is 3.49. The van der Waals surface area contributed by atoms with Crippen LogP contribution in [0.3, 0.4) is 0 Å². The third-order valence-electron chi connectivity index (χ3n) is 4.83. The summed E-state index contributed by atoms with van der Waals surface area (Å²) in [5, 5.41) is 2.22. The predicted octanol–water partition coefficient (Wildman–Crippen LogP) is 3.43. The number of aromatic nitrogens is 1. The molecule has 0 saturated carbocycles. The van der Waals surface area contributed by atoms with Crippen molar-refractivity contribution in [3.8, 4) is 5.75 Å². The molecular weight excluding hydrogens is 475 g/mol. The van der Waals surface area contributed by atoms with Crippen LogP contribution in [0.15, 0.2) is 36.5 Å². The third kappa shape index (κ3) is 6.21. The number of amides is 2. The quantitative estimate of drug-likeness (QED) is 0.625. The van der Waals surface area contributed by atoms with E-state index in [2.05, 4.69) is 15.0 Å². The fourth-order valence-electron chi connectivity index (χ4n) is 3.20. The molecule has 1 aliphatic heterocycles. The second-order valence-electron chi connectivity index (χ2n) is 6.95. The second-order valence-corrected chi connectivity index (χ2v) is 7.36. The summed E-state index contributed by atoms with van der Waals surface area (Å²) >= 11 is 5.97. The number of rotatable bonds is 6. The van der Waals surface area contributed by atoms with Crippen molar-refractivity contribution >= 4 is 29.2 Å². The summed E-state index contributed by atoms with van der Waals surface area (Å²) in [6.07, 6.45) is -3.86. The Morgan fingerprint density at radius 2 is 1.82 bits per heavy atom. The third-order valence-corrected chi connectivity index (χ3v) is 5.11. The van der Waals surface area contributed by atoms with E-state index in [0.29, 0.717) is 6.20 Å². The Hall–Kier alpha value is -3.15. The van der Waals surface area contributed by atoms with E-state index in [-0.39, 0.29) is 54.9 Å². The first-order valence-electron chi connectivity index (χ1n) is 9.63. The van der Waals surface area contributed by atoms with Gasteiger partial charge in [0.05, 0.1) is 22.7 Å². The number of para-hydroxylation sites is 1. The van der Waals surface area contributed by atoms with Gasteiger partial charge < -0.3 is 19.9 Å². The molecule has 0 unspecified atom stereocenters. The molecular formula is C20H18ClF5N4O3. The summed E-state index contributed by atoms with van der Waals surface area (Å²) in [7, 11) is 0. The molecule has 13 heteroatoms. The fraction of sp³-hybridized carbons (Fsp3) is 0.350. The second kappa shape index (κ2) is 10.2. The van der Waals surface area contributed by atoms with Crippen molar-refractivity contribution in [2.75, 3.05) is 37.6 Å². The Morgan fingerprint density at radius 3 is 2.42 bits per heavy atom. The minimum absolute atomic E-state index is 0.140. The molecule has 0 bridgehead atoms. The summed E-state index contributed by atoms with van der Waals surface area (Å²) in [4.78, 5) is 31.6. The van der Waals surface area contributed by atoms with Gasteiger partial charge in [0.2, 0.25) is 5.91 Å². The minimum Gasteiger partial charge on any atom is -0.434 e. The van der Waals surface area contributed by atoms with E-state index in [1.165, 1.54) is 29.2 Å². The molecule has 0 atom stereocenters. The van der Waals surface area contributed by atoms with Crippen molar-refractivity contribution in [3.05, 3.63) is 52.7 Å². The number of carbonyl (C=O) groups is 2. The molecule has 0 radical (unpaired) electrons. The summed E-state index contributed by atoms with van der Waals surface area (Å²) in [5.74, 6) is -1.30. The number of ether oxygens (including phenoxy) is 1. The van der Waals surface area contributed by atoms with Crippen molar-refractivity contribution in [2.45, 2.75) is 12.8 Å². The summed E-state index contributed by atoms with van der Waals surface area (Å²) in [5.41, 5.74) is -1.10. The Balaban J connectivity index is 1.54.